The Labute approximate surface area is 185 Å². The second-order valence-corrected chi connectivity index (χ2v) is 10.4. The molecule has 0 radical (unpaired) electrons. The quantitative estimate of drug-likeness (QED) is 0.729. The smallest absolute Gasteiger partial charge is 0.413 e. The van der Waals surface area contributed by atoms with Gasteiger partial charge in [-0.2, -0.15) is 4.31 Å². The third-order valence-corrected chi connectivity index (χ3v) is 8.22. The number of rotatable bonds is 5. The van der Waals surface area contributed by atoms with Gasteiger partial charge in [-0.25, -0.2) is 18.2 Å². The number of hydrogen-bond donors (Lipinski definition) is 1. The van der Waals surface area contributed by atoms with Gasteiger partial charge in [-0.3, -0.25) is 10.1 Å². The standard InChI is InChI=1S/C20H24N4O5S2/c1-2-29-20(26)22-19-21-16-9-12-23(13-17(16)30-19)18(25)14-5-7-15(8-6-14)31(27,28)24-10-3-4-11-24/h5-8H,2-4,9-13H2,1H3,(H,21,22,26). The Hall–Kier alpha value is -2.50. The van der Waals surface area contributed by atoms with E-state index in [1.54, 1.807) is 24.0 Å². The lowest BCUT2D eigenvalue weighted by molar-refractivity contribution is 0.0736. The van der Waals surface area contributed by atoms with Gasteiger partial charge in [0, 0.05) is 36.5 Å². The van der Waals surface area contributed by atoms with Gasteiger partial charge < -0.3 is 9.64 Å². The van der Waals surface area contributed by atoms with E-state index in [0.717, 1.165) is 23.4 Å². The molecule has 9 nitrogen and oxygen atoms in total. The Balaban J connectivity index is 1.43. The maximum Gasteiger partial charge on any atom is 0.413 e. The van der Waals surface area contributed by atoms with Crippen LogP contribution < -0.4 is 5.32 Å². The summed E-state index contributed by atoms with van der Waals surface area (Å²) in [6.07, 6.45) is 1.79. The SMILES string of the molecule is CCOC(=O)Nc1nc2c(s1)CN(C(=O)c1ccc(S(=O)(=O)N3CCCC3)cc1)CC2. The zero-order chi connectivity index (χ0) is 22.0. The molecule has 0 bridgehead atoms. The normalized spacial score (nSPS) is 16.7. The monoisotopic (exact) mass is 464 g/mol. The van der Waals surface area contributed by atoms with Crippen LogP contribution in [-0.2, 0) is 27.7 Å². The molecule has 4 rings (SSSR count). The Kier molecular flexibility index (Phi) is 6.26. The summed E-state index contributed by atoms with van der Waals surface area (Å²) < 4.78 is 31.7. The number of amides is 2. The molecule has 2 amide bonds. The fourth-order valence-corrected chi connectivity index (χ4v) is 6.23. The van der Waals surface area contributed by atoms with Gasteiger partial charge in [-0.05, 0) is 44.0 Å². The van der Waals surface area contributed by atoms with Gasteiger partial charge in [0.1, 0.15) is 0 Å². The number of fused-ring (bicyclic) bond motifs is 1. The highest BCUT2D eigenvalue weighted by atomic mass is 32.2. The molecule has 2 aliphatic rings. The lowest BCUT2D eigenvalue weighted by atomic mass is 10.1. The van der Waals surface area contributed by atoms with Crippen LogP contribution in [0.25, 0.3) is 0 Å². The highest BCUT2D eigenvalue weighted by Crippen LogP contribution is 2.29. The summed E-state index contributed by atoms with van der Waals surface area (Å²) in [4.78, 5) is 31.8. The van der Waals surface area contributed by atoms with Crippen molar-refractivity contribution < 1.29 is 22.7 Å². The topological polar surface area (TPSA) is 109 Å². The van der Waals surface area contributed by atoms with Crippen LogP contribution in [0.2, 0.25) is 0 Å². The highest BCUT2D eigenvalue weighted by Gasteiger charge is 2.28. The van der Waals surface area contributed by atoms with E-state index in [4.69, 9.17) is 4.74 Å². The van der Waals surface area contributed by atoms with Crippen molar-refractivity contribution >= 4 is 38.5 Å². The number of ether oxygens (including phenoxy) is 1. The molecule has 166 valence electrons. The first kappa shape index (κ1) is 21.7. The van der Waals surface area contributed by atoms with E-state index in [0.29, 0.717) is 43.3 Å². The van der Waals surface area contributed by atoms with E-state index >= 15 is 0 Å². The lowest BCUT2D eigenvalue weighted by Gasteiger charge is -2.26. The first-order valence-electron chi connectivity index (χ1n) is 10.2. The molecule has 1 aromatic carbocycles. The lowest BCUT2D eigenvalue weighted by Crippen LogP contribution is -2.35. The molecule has 2 aromatic rings. The highest BCUT2D eigenvalue weighted by molar-refractivity contribution is 7.89. The average Bonchev–Trinajstić information content (AvgIpc) is 3.43. The van der Waals surface area contributed by atoms with Crippen molar-refractivity contribution in [3.05, 3.63) is 40.4 Å². The number of aromatic nitrogens is 1. The maximum atomic E-state index is 13.0. The largest absolute Gasteiger partial charge is 0.450 e. The fourth-order valence-electron chi connectivity index (χ4n) is 3.71. The molecule has 2 aliphatic heterocycles. The maximum absolute atomic E-state index is 13.0. The van der Waals surface area contributed by atoms with E-state index in [1.807, 2.05) is 0 Å². The van der Waals surface area contributed by atoms with Crippen molar-refractivity contribution in [1.82, 2.24) is 14.2 Å². The van der Waals surface area contributed by atoms with Gasteiger partial charge in [0.25, 0.3) is 5.91 Å². The Morgan fingerprint density at radius 2 is 1.87 bits per heavy atom. The molecule has 0 spiro atoms. The molecule has 1 N–H and O–H groups in total. The molecule has 0 atom stereocenters. The number of carbonyl (C=O) groups is 2. The number of benzene rings is 1. The van der Waals surface area contributed by atoms with Gasteiger partial charge in [0.15, 0.2) is 5.13 Å². The van der Waals surface area contributed by atoms with Gasteiger partial charge in [-0.1, -0.05) is 11.3 Å². The molecular formula is C20H24N4O5S2. The molecule has 0 aliphatic carbocycles. The first-order chi connectivity index (χ1) is 14.9. The van der Waals surface area contributed by atoms with E-state index < -0.39 is 16.1 Å². The Bertz CT molecular complexity index is 1080. The van der Waals surface area contributed by atoms with Crippen LogP contribution >= 0.6 is 11.3 Å². The number of thiazole rings is 1. The predicted octanol–water partition coefficient (Wildman–Crippen LogP) is 2.69. The molecule has 31 heavy (non-hydrogen) atoms. The van der Waals surface area contributed by atoms with Crippen molar-refractivity contribution in [2.45, 2.75) is 37.6 Å². The van der Waals surface area contributed by atoms with E-state index in [9.17, 15) is 18.0 Å². The van der Waals surface area contributed by atoms with E-state index in [1.165, 1.54) is 27.8 Å². The third-order valence-electron chi connectivity index (χ3n) is 5.31. The van der Waals surface area contributed by atoms with Gasteiger partial charge in [-0.15, -0.1) is 0 Å². The van der Waals surface area contributed by atoms with Crippen molar-refractivity contribution in [2.24, 2.45) is 0 Å². The summed E-state index contributed by atoms with van der Waals surface area (Å²) in [5.41, 5.74) is 1.31. The molecule has 1 saturated heterocycles. The van der Waals surface area contributed by atoms with Crippen molar-refractivity contribution in [2.75, 3.05) is 31.6 Å². The second-order valence-electron chi connectivity index (χ2n) is 7.35. The fraction of sp³-hybridized carbons (Fsp3) is 0.450. The molecule has 3 heterocycles. The van der Waals surface area contributed by atoms with Crippen molar-refractivity contribution in [3.63, 3.8) is 0 Å². The summed E-state index contributed by atoms with van der Waals surface area (Å²) >= 11 is 1.32. The van der Waals surface area contributed by atoms with Crippen molar-refractivity contribution in [3.8, 4) is 0 Å². The van der Waals surface area contributed by atoms with Gasteiger partial charge in [0.2, 0.25) is 10.0 Å². The van der Waals surface area contributed by atoms with E-state index in [2.05, 4.69) is 10.3 Å². The van der Waals surface area contributed by atoms with Crippen LogP contribution in [0.1, 0.15) is 40.7 Å². The zero-order valence-electron chi connectivity index (χ0n) is 17.2. The summed E-state index contributed by atoms with van der Waals surface area (Å²) in [5.74, 6) is -0.163. The second kappa shape index (κ2) is 8.93. The molecule has 0 saturated carbocycles. The molecule has 11 heteroatoms. The number of carbonyl (C=O) groups excluding carboxylic acids is 2. The predicted molar refractivity (Wildman–Crippen MR) is 116 cm³/mol. The molecule has 1 aromatic heterocycles. The first-order valence-corrected chi connectivity index (χ1v) is 12.5. The molecule has 1 fully saturated rings. The number of nitrogens with one attached hydrogen (secondary N) is 1. The minimum absolute atomic E-state index is 0.163. The molecule has 0 unspecified atom stereocenters. The molecular weight excluding hydrogens is 440 g/mol. The van der Waals surface area contributed by atoms with Crippen LogP contribution in [0.15, 0.2) is 29.2 Å². The van der Waals surface area contributed by atoms with Crippen LogP contribution in [0.5, 0.6) is 0 Å². The average molecular weight is 465 g/mol. The number of sulfonamides is 1. The van der Waals surface area contributed by atoms with E-state index in [-0.39, 0.29) is 17.4 Å². The van der Waals surface area contributed by atoms with Gasteiger partial charge >= 0.3 is 6.09 Å². The Morgan fingerprint density at radius 1 is 1.16 bits per heavy atom. The van der Waals surface area contributed by atoms with Crippen LogP contribution in [0.4, 0.5) is 9.93 Å². The Morgan fingerprint density at radius 3 is 2.55 bits per heavy atom. The summed E-state index contributed by atoms with van der Waals surface area (Å²) in [6, 6.07) is 6.15. The number of nitrogens with zero attached hydrogens (tertiary/aromatic N) is 3. The number of hydrogen-bond acceptors (Lipinski definition) is 7. The summed E-state index contributed by atoms with van der Waals surface area (Å²) in [5, 5.41) is 3.05. The number of anilines is 1. The van der Waals surface area contributed by atoms with Crippen LogP contribution in [-0.4, -0.2) is 60.8 Å². The third kappa shape index (κ3) is 4.58. The van der Waals surface area contributed by atoms with Crippen molar-refractivity contribution in [1.29, 1.82) is 0 Å². The van der Waals surface area contributed by atoms with Crippen LogP contribution in [0, 0.1) is 0 Å². The van der Waals surface area contributed by atoms with Gasteiger partial charge in [0.05, 0.1) is 23.7 Å². The van der Waals surface area contributed by atoms with Crippen LogP contribution in [0.3, 0.4) is 0 Å². The summed E-state index contributed by atoms with van der Waals surface area (Å²) in [7, 11) is -3.50. The summed E-state index contributed by atoms with van der Waals surface area (Å²) in [6.45, 7) is 3.98. The zero-order valence-corrected chi connectivity index (χ0v) is 18.8. The minimum atomic E-state index is -3.50. The minimum Gasteiger partial charge on any atom is -0.450 e.